The van der Waals surface area contributed by atoms with E-state index in [4.69, 9.17) is 14.2 Å². The van der Waals surface area contributed by atoms with Crippen molar-refractivity contribution in [3.05, 3.63) is 36.4 Å². The summed E-state index contributed by atoms with van der Waals surface area (Å²) in [7, 11) is 0. The maximum absolute atomic E-state index is 11.8. The third kappa shape index (κ3) is 4.79. The molecular formula is C18H24O4. The number of hydrogen-bond donors (Lipinski definition) is 0. The van der Waals surface area contributed by atoms with E-state index in [1.165, 1.54) is 0 Å². The summed E-state index contributed by atoms with van der Waals surface area (Å²) in [5.74, 6) is 1.83. The van der Waals surface area contributed by atoms with Crippen LogP contribution >= 0.6 is 0 Å². The molecule has 0 spiro atoms. The quantitative estimate of drug-likeness (QED) is 0.570. The molecule has 2 unspecified atom stereocenters. The molecule has 22 heavy (non-hydrogen) atoms. The molecule has 0 fully saturated rings. The third-order valence-electron chi connectivity index (χ3n) is 3.87. The Morgan fingerprint density at radius 1 is 1.14 bits per heavy atom. The van der Waals surface area contributed by atoms with Gasteiger partial charge in [-0.05, 0) is 43.7 Å². The molecule has 0 radical (unpaired) electrons. The van der Waals surface area contributed by atoms with E-state index >= 15 is 0 Å². The number of carbonyl (C=O) groups excluding carboxylic acids is 1. The van der Waals surface area contributed by atoms with Crippen LogP contribution in [0.2, 0.25) is 0 Å². The minimum absolute atomic E-state index is 0.0962. The lowest BCUT2D eigenvalue weighted by atomic mass is 9.85. The van der Waals surface area contributed by atoms with Crippen molar-refractivity contribution in [3.8, 4) is 11.5 Å². The Kier molecular flexibility index (Phi) is 6.31. The summed E-state index contributed by atoms with van der Waals surface area (Å²) in [5.41, 5.74) is 0. The van der Waals surface area contributed by atoms with Gasteiger partial charge in [0.05, 0.1) is 13.2 Å². The van der Waals surface area contributed by atoms with Gasteiger partial charge in [-0.1, -0.05) is 31.2 Å². The molecule has 1 aliphatic carbocycles. The molecule has 0 N–H and O–H groups in total. The SMILES string of the molecule is CCOc1ccccc1OCC(=O)OCC1CC=CCC1C. The van der Waals surface area contributed by atoms with Gasteiger partial charge in [0, 0.05) is 0 Å². The number of hydrogen-bond acceptors (Lipinski definition) is 4. The second-order valence-electron chi connectivity index (χ2n) is 5.53. The fourth-order valence-corrected chi connectivity index (χ4v) is 2.46. The van der Waals surface area contributed by atoms with Crippen molar-refractivity contribution in [2.75, 3.05) is 19.8 Å². The Labute approximate surface area is 132 Å². The number of ether oxygens (including phenoxy) is 3. The van der Waals surface area contributed by atoms with Crippen molar-refractivity contribution < 1.29 is 19.0 Å². The van der Waals surface area contributed by atoms with Crippen LogP contribution in [0.15, 0.2) is 36.4 Å². The summed E-state index contributed by atoms with van der Waals surface area (Å²) in [4.78, 5) is 11.8. The molecule has 0 bridgehead atoms. The van der Waals surface area contributed by atoms with Crippen molar-refractivity contribution in [2.24, 2.45) is 11.8 Å². The maximum Gasteiger partial charge on any atom is 0.344 e. The highest BCUT2D eigenvalue weighted by atomic mass is 16.6. The van der Waals surface area contributed by atoms with Crippen LogP contribution in [0.1, 0.15) is 26.7 Å². The van der Waals surface area contributed by atoms with Gasteiger partial charge in [0.15, 0.2) is 18.1 Å². The average molecular weight is 304 g/mol. The van der Waals surface area contributed by atoms with E-state index in [1.807, 2.05) is 25.1 Å². The molecule has 1 aromatic carbocycles. The van der Waals surface area contributed by atoms with Gasteiger partial charge in [-0.3, -0.25) is 0 Å². The first kappa shape index (κ1) is 16.4. The predicted octanol–water partition coefficient (Wildman–Crippen LogP) is 3.61. The number of esters is 1. The minimum atomic E-state index is -0.340. The highest BCUT2D eigenvalue weighted by molar-refractivity contribution is 5.71. The van der Waals surface area contributed by atoms with Crippen LogP contribution < -0.4 is 9.47 Å². The van der Waals surface area contributed by atoms with E-state index in [1.54, 1.807) is 6.07 Å². The van der Waals surface area contributed by atoms with Gasteiger partial charge < -0.3 is 14.2 Å². The summed E-state index contributed by atoms with van der Waals surface area (Å²) in [6.07, 6.45) is 6.38. The standard InChI is InChI=1S/C18H24O4/c1-3-20-16-10-6-7-11-17(16)21-13-18(19)22-12-15-9-5-4-8-14(15)2/h4-7,10-11,14-15H,3,8-9,12-13H2,1-2H3. The van der Waals surface area contributed by atoms with Crippen molar-refractivity contribution in [2.45, 2.75) is 26.7 Å². The third-order valence-corrected chi connectivity index (χ3v) is 3.87. The molecule has 1 aromatic rings. The van der Waals surface area contributed by atoms with Crippen LogP contribution in [0.4, 0.5) is 0 Å². The largest absolute Gasteiger partial charge is 0.490 e. The van der Waals surface area contributed by atoms with Gasteiger partial charge in [-0.15, -0.1) is 0 Å². The molecule has 0 saturated heterocycles. The number of allylic oxidation sites excluding steroid dienone is 2. The molecule has 2 rings (SSSR count). The lowest BCUT2D eigenvalue weighted by Crippen LogP contribution is -2.24. The highest BCUT2D eigenvalue weighted by Gasteiger charge is 2.20. The molecule has 4 heteroatoms. The Balaban J connectivity index is 1.77. The smallest absolute Gasteiger partial charge is 0.344 e. The minimum Gasteiger partial charge on any atom is -0.490 e. The fourth-order valence-electron chi connectivity index (χ4n) is 2.46. The normalized spacial score (nSPS) is 20.5. The zero-order chi connectivity index (χ0) is 15.8. The van der Waals surface area contributed by atoms with Crippen molar-refractivity contribution in [3.63, 3.8) is 0 Å². The Bertz CT molecular complexity index is 510. The zero-order valence-electron chi connectivity index (χ0n) is 13.3. The van der Waals surface area contributed by atoms with Gasteiger partial charge in [0.2, 0.25) is 0 Å². The van der Waals surface area contributed by atoms with E-state index in [2.05, 4.69) is 19.1 Å². The second-order valence-corrected chi connectivity index (χ2v) is 5.53. The highest BCUT2D eigenvalue weighted by Crippen LogP contribution is 2.27. The molecule has 1 aliphatic rings. The number of para-hydroxylation sites is 2. The topological polar surface area (TPSA) is 44.8 Å². The van der Waals surface area contributed by atoms with Crippen LogP contribution in [0.3, 0.4) is 0 Å². The van der Waals surface area contributed by atoms with Crippen LogP contribution in [0, 0.1) is 11.8 Å². The van der Waals surface area contributed by atoms with Crippen molar-refractivity contribution in [1.29, 1.82) is 0 Å². The van der Waals surface area contributed by atoms with Crippen LogP contribution in [-0.4, -0.2) is 25.8 Å². The molecule has 4 nitrogen and oxygen atoms in total. The summed E-state index contributed by atoms with van der Waals surface area (Å²) < 4.78 is 16.3. The maximum atomic E-state index is 11.8. The molecule has 0 aliphatic heterocycles. The Hall–Kier alpha value is -1.97. The van der Waals surface area contributed by atoms with Gasteiger partial charge >= 0.3 is 5.97 Å². The van der Waals surface area contributed by atoms with Gasteiger partial charge in [0.25, 0.3) is 0 Å². The first-order chi connectivity index (χ1) is 10.7. The van der Waals surface area contributed by atoms with E-state index in [0.717, 1.165) is 12.8 Å². The van der Waals surface area contributed by atoms with E-state index < -0.39 is 0 Å². The molecule has 2 atom stereocenters. The molecule has 0 amide bonds. The monoisotopic (exact) mass is 304 g/mol. The van der Waals surface area contributed by atoms with Crippen molar-refractivity contribution in [1.82, 2.24) is 0 Å². The van der Waals surface area contributed by atoms with Crippen molar-refractivity contribution >= 4 is 5.97 Å². The zero-order valence-corrected chi connectivity index (χ0v) is 13.3. The molecular weight excluding hydrogens is 280 g/mol. The number of carbonyl (C=O) groups is 1. The van der Waals surface area contributed by atoms with Gasteiger partial charge in [0.1, 0.15) is 0 Å². The molecule has 120 valence electrons. The molecule has 0 aromatic heterocycles. The van der Waals surface area contributed by atoms with Gasteiger partial charge in [-0.25, -0.2) is 4.79 Å². The first-order valence-corrected chi connectivity index (χ1v) is 7.86. The average Bonchev–Trinajstić information content (AvgIpc) is 2.53. The molecule has 0 saturated carbocycles. The Morgan fingerprint density at radius 3 is 2.50 bits per heavy atom. The summed E-state index contributed by atoms with van der Waals surface area (Å²) in [5, 5.41) is 0. The Morgan fingerprint density at radius 2 is 1.82 bits per heavy atom. The van der Waals surface area contributed by atoms with E-state index in [-0.39, 0.29) is 12.6 Å². The first-order valence-electron chi connectivity index (χ1n) is 7.86. The molecule has 0 heterocycles. The van der Waals surface area contributed by atoms with E-state index in [0.29, 0.717) is 36.5 Å². The van der Waals surface area contributed by atoms with Crippen LogP contribution in [0.5, 0.6) is 11.5 Å². The predicted molar refractivity (Wildman–Crippen MR) is 85.1 cm³/mol. The second kappa shape index (κ2) is 8.47. The number of rotatable bonds is 7. The van der Waals surface area contributed by atoms with Crippen LogP contribution in [-0.2, 0) is 9.53 Å². The summed E-state index contributed by atoms with van der Waals surface area (Å²) in [6, 6.07) is 7.32. The number of benzene rings is 1. The lowest BCUT2D eigenvalue weighted by Gasteiger charge is -2.24. The summed E-state index contributed by atoms with van der Waals surface area (Å²) in [6.45, 7) is 5.02. The van der Waals surface area contributed by atoms with Crippen LogP contribution in [0.25, 0.3) is 0 Å². The fraction of sp³-hybridized carbons (Fsp3) is 0.500. The van der Waals surface area contributed by atoms with Gasteiger partial charge in [-0.2, -0.15) is 0 Å². The lowest BCUT2D eigenvalue weighted by molar-refractivity contribution is -0.147. The summed E-state index contributed by atoms with van der Waals surface area (Å²) >= 11 is 0. The van der Waals surface area contributed by atoms with E-state index in [9.17, 15) is 4.79 Å².